The summed E-state index contributed by atoms with van der Waals surface area (Å²) in [6.07, 6.45) is -2.14. The van der Waals surface area contributed by atoms with Crippen LogP contribution in [0.25, 0.3) is 0 Å². The maximum absolute atomic E-state index is 12.4. The summed E-state index contributed by atoms with van der Waals surface area (Å²) in [6.45, 7) is 1.13. The van der Waals surface area contributed by atoms with E-state index in [9.17, 15) is 13.2 Å². The van der Waals surface area contributed by atoms with Gasteiger partial charge in [0.15, 0.2) is 0 Å². The summed E-state index contributed by atoms with van der Waals surface area (Å²) in [5.74, 6) is 0.475. The number of hydrogen-bond donors (Lipinski definition) is 0. The molecule has 96 valence electrons. The van der Waals surface area contributed by atoms with Crippen LogP contribution in [0.1, 0.15) is 18.9 Å². The Balaban J connectivity index is 2.96. The van der Waals surface area contributed by atoms with Crippen LogP contribution in [0.15, 0.2) is 18.3 Å². The molecule has 17 heavy (non-hydrogen) atoms. The highest BCUT2D eigenvalue weighted by molar-refractivity contribution is 6.17. The third-order valence-corrected chi connectivity index (χ3v) is 2.46. The molecule has 2 nitrogen and oxygen atoms in total. The molecule has 0 saturated carbocycles. The Morgan fingerprint density at radius 3 is 2.65 bits per heavy atom. The third-order valence-electron chi connectivity index (χ3n) is 2.17. The molecule has 0 fully saturated rings. The van der Waals surface area contributed by atoms with Gasteiger partial charge in [-0.25, -0.2) is 4.98 Å². The van der Waals surface area contributed by atoms with Crippen molar-refractivity contribution in [2.24, 2.45) is 0 Å². The molecule has 0 spiro atoms. The van der Waals surface area contributed by atoms with E-state index in [4.69, 9.17) is 11.6 Å². The molecule has 0 saturated heterocycles. The van der Waals surface area contributed by atoms with Crippen LogP contribution in [0.2, 0.25) is 0 Å². The van der Waals surface area contributed by atoms with Crippen LogP contribution in [0.4, 0.5) is 19.0 Å². The molecule has 0 radical (unpaired) electrons. The maximum Gasteiger partial charge on any atom is 0.405 e. The van der Waals surface area contributed by atoms with Gasteiger partial charge in [0.2, 0.25) is 0 Å². The zero-order valence-electron chi connectivity index (χ0n) is 9.47. The van der Waals surface area contributed by atoms with Gasteiger partial charge in [0.05, 0.1) is 5.88 Å². The van der Waals surface area contributed by atoms with Crippen molar-refractivity contribution in [2.45, 2.75) is 25.4 Å². The summed E-state index contributed by atoms with van der Waals surface area (Å²) < 4.78 is 37.3. The van der Waals surface area contributed by atoms with Gasteiger partial charge in [0.25, 0.3) is 0 Å². The summed E-state index contributed by atoms with van der Waals surface area (Å²) in [7, 11) is 0. The van der Waals surface area contributed by atoms with Gasteiger partial charge in [-0.05, 0) is 12.5 Å². The molecule has 0 aliphatic rings. The van der Waals surface area contributed by atoms with Gasteiger partial charge in [-0.3, -0.25) is 0 Å². The first-order valence-corrected chi connectivity index (χ1v) is 5.83. The number of pyridine rings is 1. The van der Waals surface area contributed by atoms with Gasteiger partial charge in [-0.1, -0.05) is 13.0 Å². The first kappa shape index (κ1) is 14.1. The normalized spacial score (nSPS) is 11.6. The molecule has 0 amide bonds. The number of hydrogen-bond acceptors (Lipinski definition) is 2. The topological polar surface area (TPSA) is 16.1 Å². The molecule has 0 unspecified atom stereocenters. The Morgan fingerprint density at radius 1 is 1.41 bits per heavy atom. The zero-order valence-corrected chi connectivity index (χ0v) is 10.2. The van der Waals surface area contributed by atoms with Gasteiger partial charge in [0.1, 0.15) is 12.4 Å². The van der Waals surface area contributed by atoms with Crippen molar-refractivity contribution in [3.63, 3.8) is 0 Å². The Hall–Kier alpha value is -0.970. The lowest BCUT2D eigenvalue weighted by molar-refractivity contribution is -0.119. The summed E-state index contributed by atoms with van der Waals surface area (Å²) in [5, 5.41) is 0. The van der Waals surface area contributed by atoms with Gasteiger partial charge in [0, 0.05) is 18.3 Å². The number of anilines is 1. The lowest BCUT2D eigenvalue weighted by Crippen LogP contribution is -2.36. The van der Waals surface area contributed by atoms with E-state index in [0.717, 1.165) is 0 Å². The predicted octanol–water partition coefficient (Wildman–Crippen LogP) is 3.60. The first-order chi connectivity index (χ1) is 7.98. The van der Waals surface area contributed by atoms with E-state index in [2.05, 4.69) is 4.98 Å². The molecule has 0 aliphatic heterocycles. The summed E-state index contributed by atoms with van der Waals surface area (Å²) in [6, 6.07) is 3.35. The molecule has 1 heterocycles. The van der Waals surface area contributed by atoms with Gasteiger partial charge in [-0.2, -0.15) is 13.2 Å². The summed E-state index contributed by atoms with van der Waals surface area (Å²) in [4.78, 5) is 5.21. The molecule has 1 rings (SSSR count). The number of rotatable bonds is 5. The number of alkyl halides is 4. The minimum Gasteiger partial charge on any atom is -0.347 e. The Kier molecular flexibility index (Phi) is 5.05. The van der Waals surface area contributed by atoms with Crippen LogP contribution >= 0.6 is 11.6 Å². The number of halogens is 4. The van der Waals surface area contributed by atoms with Crippen LogP contribution < -0.4 is 4.90 Å². The van der Waals surface area contributed by atoms with E-state index in [-0.39, 0.29) is 5.88 Å². The molecule has 0 atom stereocenters. The van der Waals surface area contributed by atoms with Crippen LogP contribution in [0.5, 0.6) is 0 Å². The van der Waals surface area contributed by atoms with Crippen LogP contribution in [-0.4, -0.2) is 24.2 Å². The smallest absolute Gasteiger partial charge is 0.347 e. The Bertz CT molecular complexity index is 355. The molecule has 0 bridgehead atoms. The number of nitrogens with zero attached hydrogens (tertiary/aromatic N) is 2. The van der Waals surface area contributed by atoms with Crippen molar-refractivity contribution in [2.75, 3.05) is 18.0 Å². The van der Waals surface area contributed by atoms with Crippen LogP contribution in [0.3, 0.4) is 0 Å². The Labute approximate surface area is 103 Å². The highest BCUT2D eigenvalue weighted by atomic mass is 35.5. The quantitative estimate of drug-likeness (QED) is 0.757. The largest absolute Gasteiger partial charge is 0.405 e. The van der Waals surface area contributed by atoms with Crippen molar-refractivity contribution in [1.29, 1.82) is 0 Å². The van der Waals surface area contributed by atoms with Crippen molar-refractivity contribution in [3.8, 4) is 0 Å². The zero-order chi connectivity index (χ0) is 12.9. The van der Waals surface area contributed by atoms with Crippen molar-refractivity contribution >= 4 is 17.4 Å². The fourth-order valence-corrected chi connectivity index (χ4v) is 1.77. The summed E-state index contributed by atoms with van der Waals surface area (Å²) in [5.41, 5.74) is 0.617. The fourth-order valence-electron chi connectivity index (χ4n) is 1.57. The lowest BCUT2D eigenvalue weighted by Gasteiger charge is -2.26. The van der Waals surface area contributed by atoms with E-state index >= 15 is 0 Å². The van der Waals surface area contributed by atoms with Gasteiger partial charge < -0.3 is 4.90 Å². The third kappa shape index (κ3) is 4.42. The standard InChI is InChI=1S/C11H14ClF3N2/c1-2-6-17(8-11(13,14)15)10-9(7-12)4-3-5-16-10/h3-5H,2,6-8H2,1H3. The second-order valence-electron chi connectivity index (χ2n) is 3.66. The molecular formula is C11H14ClF3N2. The highest BCUT2D eigenvalue weighted by Crippen LogP contribution is 2.24. The summed E-state index contributed by atoms with van der Waals surface area (Å²) >= 11 is 5.70. The molecule has 0 aromatic carbocycles. The second-order valence-corrected chi connectivity index (χ2v) is 3.92. The van der Waals surface area contributed by atoms with Crippen molar-refractivity contribution < 1.29 is 13.2 Å². The van der Waals surface area contributed by atoms with Crippen LogP contribution in [0, 0.1) is 0 Å². The first-order valence-electron chi connectivity index (χ1n) is 5.29. The molecular weight excluding hydrogens is 253 g/mol. The maximum atomic E-state index is 12.4. The second kappa shape index (κ2) is 6.10. The lowest BCUT2D eigenvalue weighted by atomic mass is 10.2. The van der Waals surface area contributed by atoms with E-state index in [0.29, 0.717) is 24.3 Å². The molecule has 6 heteroatoms. The van der Waals surface area contributed by atoms with Gasteiger partial charge >= 0.3 is 6.18 Å². The molecule has 0 aliphatic carbocycles. The van der Waals surface area contributed by atoms with E-state index in [1.54, 1.807) is 12.1 Å². The predicted molar refractivity (Wildman–Crippen MR) is 62.4 cm³/mol. The monoisotopic (exact) mass is 266 g/mol. The van der Waals surface area contributed by atoms with E-state index < -0.39 is 12.7 Å². The highest BCUT2D eigenvalue weighted by Gasteiger charge is 2.31. The minimum atomic E-state index is -4.24. The van der Waals surface area contributed by atoms with Crippen molar-refractivity contribution in [3.05, 3.63) is 23.9 Å². The SMILES string of the molecule is CCCN(CC(F)(F)F)c1ncccc1CCl. The van der Waals surface area contributed by atoms with Crippen molar-refractivity contribution in [1.82, 2.24) is 4.98 Å². The van der Waals surface area contributed by atoms with Gasteiger partial charge in [-0.15, -0.1) is 11.6 Å². The molecule has 1 aromatic rings. The average Bonchev–Trinajstić information content (AvgIpc) is 2.27. The Morgan fingerprint density at radius 2 is 2.12 bits per heavy atom. The minimum absolute atomic E-state index is 0.154. The fraction of sp³-hybridized carbons (Fsp3) is 0.545. The van der Waals surface area contributed by atoms with E-state index in [1.165, 1.54) is 11.1 Å². The number of aromatic nitrogens is 1. The van der Waals surface area contributed by atoms with Crippen LogP contribution in [-0.2, 0) is 5.88 Å². The van der Waals surface area contributed by atoms with E-state index in [1.807, 2.05) is 6.92 Å². The average molecular weight is 267 g/mol. The molecule has 0 N–H and O–H groups in total. The molecule has 1 aromatic heterocycles.